The highest BCUT2D eigenvalue weighted by atomic mass is 32.2. The quantitative estimate of drug-likeness (QED) is 0.535. The monoisotopic (exact) mass is 162 g/mol. The molecule has 0 aromatic heterocycles. The molecule has 1 aliphatic heterocycles. The largest absolute Gasteiger partial charge is 0.305 e. The van der Waals surface area contributed by atoms with Gasteiger partial charge in [-0.05, 0) is 0 Å². The molecule has 1 aliphatic rings. The first-order valence-corrected chi connectivity index (χ1v) is 4.08. The normalized spacial score (nSPS) is 41.1. The summed E-state index contributed by atoms with van der Waals surface area (Å²) in [6.07, 6.45) is 1.51. The molecule has 3 unspecified atom stereocenters. The van der Waals surface area contributed by atoms with Gasteiger partial charge in [0, 0.05) is 5.92 Å². The summed E-state index contributed by atoms with van der Waals surface area (Å²) in [5, 5.41) is 0. The fourth-order valence-electron chi connectivity index (χ4n) is 0.743. The van der Waals surface area contributed by atoms with Gasteiger partial charge in [-0.2, -0.15) is 4.21 Å². The van der Waals surface area contributed by atoms with Gasteiger partial charge < -0.3 is 0 Å². The average molecular weight is 162 g/mol. The molecule has 0 radical (unpaired) electrons. The lowest BCUT2D eigenvalue weighted by atomic mass is 10.1. The Morgan fingerprint density at radius 1 is 1.80 bits per heavy atom. The van der Waals surface area contributed by atoms with Gasteiger partial charge in [0.15, 0.2) is 0 Å². The summed E-state index contributed by atoms with van der Waals surface area (Å²) in [4.78, 5) is 0. The topological polar surface area (TPSA) is 35.5 Å². The molecular formula is C6H10O3S. The lowest BCUT2D eigenvalue weighted by Crippen LogP contribution is -2.30. The lowest BCUT2D eigenvalue weighted by Gasteiger charge is -2.23. The van der Waals surface area contributed by atoms with Crippen LogP contribution in [-0.4, -0.2) is 16.9 Å². The van der Waals surface area contributed by atoms with Crippen molar-refractivity contribution in [1.29, 1.82) is 0 Å². The number of rotatable bonds is 1. The van der Waals surface area contributed by atoms with Gasteiger partial charge in [-0.25, -0.2) is 0 Å². The van der Waals surface area contributed by atoms with Crippen LogP contribution < -0.4 is 0 Å². The minimum atomic E-state index is -1.56. The molecule has 0 bridgehead atoms. The summed E-state index contributed by atoms with van der Waals surface area (Å²) in [7, 11) is 0. The minimum absolute atomic E-state index is 0.130. The summed E-state index contributed by atoms with van der Waals surface area (Å²) >= 11 is -1.56. The lowest BCUT2D eigenvalue weighted by molar-refractivity contribution is 0.0898. The maximum Gasteiger partial charge on any atom is 0.305 e. The van der Waals surface area contributed by atoms with Crippen LogP contribution in [0, 0.1) is 5.92 Å². The molecule has 0 aromatic rings. The van der Waals surface area contributed by atoms with E-state index in [9.17, 15) is 4.21 Å². The molecule has 0 N–H and O–H groups in total. The zero-order valence-corrected chi connectivity index (χ0v) is 6.60. The van der Waals surface area contributed by atoms with Gasteiger partial charge in [0.25, 0.3) is 0 Å². The molecule has 1 rings (SSSR count). The van der Waals surface area contributed by atoms with Crippen molar-refractivity contribution >= 4 is 11.4 Å². The zero-order valence-electron chi connectivity index (χ0n) is 5.78. The molecule has 0 amide bonds. The van der Waals surface area contributed by atoms with Crippen LogP contribution in [0.5, 0.6) is 0 Å². The predicted molar refractivity (Wildman–Crippen MR) is 38.3 cm³/mol. The highest BCUT2D eigenvalue weighted by molar-refractivity contribution is 7.75. The van der Waals surface area contributed by atoms with Crippen molar-refractivity contribution in [3.05, 3.63) is 12.7 Å². The zero-order chi connectivity index (χ0) is 7.56. The van der Waals surface area contributed by atoms with Gasteiger partial charge in [0.1, 0.15) is 0 Å². The van der Waals surface area contributed by atoms with Gasteiger partial charge in [0.2, 0.25) is 0 Å². The van der Waals surface area contributed by atoms with Crippen LogP contribution in [0.1, 0.15) is 6.92 Å². The molecule has 0 saturated carbocycles. The second-order valence-corrected chi connectivity index (χ2v) is 3.10. The molecular weight excluding hydrogens is 152 g/mol. The Morgan fingerprint density at radius 3 is 3.00 bits per heavy atom. The van der Waals surface area contributed by atoms with Crippen molar-refractivity contribution in [2.75, 3.05) is 6.61 Å². The smallest absolute Gasteiger partial charge is 0.268 e. The van der Waals surface area contributed by atoms with E-state index < -0.39 is 11.4 Å². The van der Waals surface area contributed by atoms with E-state index in [1.165, 1.54) is 0 Å². The van der Waals surface area contributed by atoms with Crippen molar-refractivity contribution < 1.29 is 12.6 Å². The number of hydrogen-bond donors (Lipinski definition) is 0. The van der Waals surface area contributed by atoms with Crippen molar-refractivity contribution in [3.63, 3.8) is 0 Å². The van der Waals surface area contributed by atoms with E-state index in [1.54, 1.807) is 6.08 Å². The van der Waals surface area contributed by atoms with Gasteiger partial charge in [-0.3, -0.25) is 8.37 Å². The van der Waals surface area contributed by atoms with Gasteiger partial charge >= 0.3 is 11.4 Å². The SMILES string of the molecule is C=CC1OS(=O)OCC1C. The van der Waals surface area contributed by atoms with E-state index in [1.807, 2.05) is 6.92 Å². The molecule has 3 atom stereocenters. The molecule has 1 fully saturated rings. The second kappa shape index (κ2) is 3.27. The molecule has 0 aromatic carbocycles. The Morgan fingerprint density at radius 2 is 2.50 bits per heavy atom. The van der Waals surface area contributed by atoms with Crippen LogP contribution in [-0.2, 0) is 19.7 Å². The molecule has 58 valence electrons. The van der Waals surface area contributed by atoms with E-state index >= 15 is 0 Å². The van der Waals surface area contributed by atoms with E-state index in [-0.39, 0.29) is 12.0 Å². The van der Waals surface area contributed by atoms with Crippen LogP contribution in [0.2, 0.25) is 0 Å². The van der Waals surface area contributed by atoms with Crippen molar-refractivity contribution in [2.24, 2.45) is 5.92 Å². The summed E-state index contributed by atoms with van der Waals surface area (Å²) in [5.41, 5.74) is 0. The molecule has 1 saturated heterocycles. The van der Waals surface area contributed by atoms with E-state index in [4.69, 9.17) is 8.37 Å². The fraction of sp³-hybridized carbons (Fsp3) is 0.667. The predicted octanol–water partition coefficient (Wildman–Crippen LogP) is 0.803. The van der Waals surface area contributed by atoms with Crippen LogP contribution >= 0.6 is 0 Å². The van der Waals surface area contributed by atoms with Crippen molar-refractivity contribution in [2.45, 2.75) is 13.0 Å². The number of hydrogen-bond acceptors (Lipinski definition) is 3. The molecule has 4 heteroatoms. The second-order valence-electron chi connectivity index (χ2n) is 2.26. The fourth-order valence-corrected chi connectivity index (χ4v) is 1.57. The Labute approximate surface area is 62.9 Å². The first-order chi connectivity index (χ1) is 4.74. The third-order valence-corrected chi connectivity index (χ3v) is 2.12. The molecule has 0 aliphatic carbocycles. The first-order valence-electron chi connectivity index (χ1n) is 3.08. The van der Waals surface area contributed by atoms with E-state index in [2.05, 4.69) is 6.58 Å². The highest BCUT2D eigenvalue weighted by Gasteiger charge is 2.24. The van der Waals surface area contributed by atoms with E-state index in [0.717, 1.165) is 0 Å². The van der Waals surface area contributed by atoms with Crippen LogP contribution in [0.15, 0.2) is 12.7 Å². The summed E-state index contributed by atoms with van der Waals surface area (Å²) in [6, 6.07) is 0. The Hall–Kier alpha value is -0.190. The van der Waals surface area contributed by atoms with Crippen LogP contribution in [0.25, 0.3) is 0 Å². The van der Waals surface area contributed by atoms with Gasteiger partial charge in [-0.1, -0.05) is 13.0 Å². The third kappa shape index (κ3) is 1.65. The van der Waals surface area contributed by atoms with Gasteiger partial charge in [-0.15, -0.1) is 6.58 Å². The van der Waals surface area contributed by atoms with Crippen molar-refractivity contribution in [3.8, 4) is 0 Å². The maximum absolute atomic E-state index is 10.6. The van der Waals surface area contributed by atoms with Gasteiger partial charge in [0.05, 0.1) is 12.7 Å². The average Bonchev–Trinajstić information content (AvgIpc) is 1.94. The highest BCUT2D eigenvalue weighted by Crippen LogP contribution is 2.16. The summed E-state index contributed by atoms with van der Waals surface area (Å²) in [5.74, 6) is 0.246. The standard InChI is InChI=1S/C6H10O3S/c1-3-6-5(2)4-8-10(7)9-6/h3,5-6H,1,4H2,2H3. The first kappa shape index (κ1) is 7.91. The third-order valence-electron chi connectivity index (χ3n) is 1.41. The molecule has 10 heavy (non-hydrogen) atoms. The molecule has 0 spiro atoms. The van der Waals surface area contributed by atoms with Crippen molar-refractivity contribution in [1.82, 2.24) is 0 Å². The molecule has 3 nitrogen and oxygen atoms in total. The van der Waals surface area contributed by atoms with Crippen LogP contribution in [0.4, 0.5) is 0 Å². The molecule has 1 heterocycles. The summed E-state index contributed by atoms with van der Waals surface area (Å²) < 4.78 is 20.2. The van der Waals surface area contributed by atoms with E-state index in [0.29, 0.717) is 6.61 Å². The minimum Gasteiger partial charge on any atom is -0.268 e. The Kier molecular flexibility index (Phi) is 2.59. The maximum atomic E-state index is 10.6. The summed E-state index contributed by atoms with van der Waals surface area (Å²) in [6.45, 7) is 5.99. The Bertz CT molecular complexity index is 157. The van der Waals surface area contributed by atoms with Crippen LogP contribution in [0.3, 0.4) is 0 Å². The Balaban J connectivity index is 2.53.